The largest absolute Gasteiger partial charge is 0.506 e. The van der Waals surface area contributed by atoms with E-state index in [0.29, 0.717) is 15.5 Å². The van der Waals surface area contributed by atoms with Crippen molar-refractivity contribution in [3.05, 3.63) is 44.9 Å². The summed E-state index contributed by atoms with van der Waals surface area (Å²) >= 11 is 6.67. The summed E-state index contributed by atoms with van der Waals surface area (Å²) in [6, 6.07) is 4.01. The van der Waals surface area contributed by atoms with Crippen LogP contribution in [0, 0.1) is 0 Å². The lowest BCUT2D eigenvalue weighted by molar-refractivity contribution is 0.467. The maximum Gasteiger partial charge on any atom is 0.143 e. The van der Waals surface area contributed by atoms with Crippen LogP contribution in [0.3, 0.4) is 0 Å². The summed E-state index contributed by atoms with van der Waals surface area (Å²) in [6.07, 6.45) is 4.54. The first kappa shape index (κ1) is 14.6. The van der Waals surface area contributed by atoms with Gasteiger partial charge in [-0.1, -0.05) is 6.92 Å². The summed E-state index contributed by atoms with van der Waals surface area (Å²) in [7, 11) is 0. The molecular weight excluding hydrogens is 374 g/mol. The second-order valence-corrected chi connectivity index (χ2v) is 5.93. The van der Waals surface area contributed by atoms with Crippen molar-refractivity contribution in [3.8, 4) is 5.75 Å². The first-order valence-corrected chi connectivity index (χ1v) is 7.60. The standard InChI is InChI=1S/C13H15Br2N3O/c1-2-11(13-16-3-4-17-13)18-7-8-5-9(14)12(19)10(15)6-8/h3-6,11,18-19H,2,7H2,1H3,(H,16,17). The first-order chi connectivity index (χ1) is 9.11. The van der Waals surface area contributed by atoms with Gasteiger partial charge in [-0.25, -0.2) is 4.98 Å². The quantitative estimate of drug-likeness (QED) is 0.728. The van der Waals surface area contributed by atoms with Crippen molar-refractivity contribution in [2.75, 3.05) is 0 Å². The number of hydrogen-bond acceptors (Lipinski definition) is 3. The number of benzene rings is 1. The van der Waals surface area contributed by atoms with Crippen molar-refractivity contribution >= 4 is 31.9 Å². The third kappa shape index (κ3) is 3.58. The number of aromatic hydroxyl groups is 1. The van der Waals surface area contributed by atoms with Gasteiger partial charge >= 0.3 is 0 Å². The molecule has 1 atom stereocenters. The van der Waals surface area contributed by atoms with Crippen molar-refractivity contribution in [2.45, 2.75) is 25.9 Å². The van der Waals surface area contributed by atoms with Crippen LogP contribution in [0.4, 0.5) is 0 Å². The van der Waals surface area contributed by atoms with E-state index < -0.39 is 0 Å². The number of H-pyrrole nitrogens is 1. The Morgan fingerprint density at radius 2 is 2.05 bits per heavy atom. The Bertz CT molecular complexity index is 520. The summed E-state index contributed by atoms with van der Waals surface area (Å²) in [5, 5.41) is 13.1. The highest BCUT2D eigenvalue weighted by molar-refractivity contribution is 9.11. The van der Waals surface area contributed by atoms with Crippen LogP contribution in [-0.2, 0) is 6.54 Å². The maximum atomic E-state index is 9.68. The monoisotopic (exact) mass is 387 g/mol. The number of nitrogens with zero attached hydrogens (tertiary/aromatic N) is 1. The topological polar surface area (TPSA) is 60.9 Å². The maximum absolute atomic E-state index is 9.68. The number of phenols is 1. The van der Waals surface area contributed by atoms with Gasteiger partial charge in [-0.2, -0.15) is 0 Å². The van der Waals surface area contributed by atoms with Crippen molar-refractivity contribution in [2.24, 2.45) is 0 Å². The van der Waals surface area contributed by atoms with E-state index in [9.17, 15) is 5.11 Å². The zero-order chi connectivity index (χ0) is 13.8. The Balaban J connectivity index is 2.06. The lowest BCUT2D eigenvalue weighted by Crippen LogP contribution is -2.21. The van der Waals surface area contributed by atoms with Gasteiger partial charge in [0.1, 0.15) is 11.6 Å². The minimum atomic E-state index is 0.196. The molecule has 0 fully saturated rings. The Morgan fingerprint density at radius 3 is 2.58 bits per heavy atom. The fraction of sp³-hybridized carbons (Fsp3) is 0.308. The van der Waals surface area contributed by atoms with E-state index in [1.54, 1.807) is 6.20 Å². The number of aromatic amines is 1. The molecular formula is C13H15Br2N3O. The van der Waals surface area contributed by atoms with Crippen LogP contribution in [0.25, 0.3) is 0 Å². The molecule has 4 nitrogen and oxygen atoms in total. The average Bonchev–Trinajstić information content (AvgIpc) is 2.90. The number of rotatable bonds is 5. The fourth-order valence-electron chi connectivity index (χ4n) is 1.86. The predicted molar refractivity (Wildman–Crippen MR) is 82.0 cm³/mol. The smallest absolute Gasteiger partial charge is 0.143 e. The zero-order valence-corrected chi connectivity index (χ0v) is 13.6. The van der Waals surface area contributed by atoms with E-state index in [-0.39, 0.29) is 11.8 Å². The van der Waals surface area contributed by atoms with E-state index in [4.69, 9.17) is 0 Å². The van der Waals surface area contributed by atoms with Gasteiger partial charge in [0.15, 0.2) is 0 Å². The van der Waals surface area contributed by atoms with Crippen molar-refractivity contribution in [1.29, 1.82) is 0 Å². The summed E-state index contributed by atoms with van der Waals surface area (Å²) in [4.78, 5) is 7.40. The number of nitrogens with one attached hydrogen (secondary N) is 2. The van der Waals surface area contributed by atoms with Crippen LogP contribution in [-0.4, -0.2) is 15.1 Å². The van der Waals surface area contributed by atoms with Crippen LogP contribution in [0.5, 0.6) is 5.75 Å². The van der Waals surface area contributed by atoms with Gasteiger partial charge in [-0.05, 0) is 56.0 Å². The van der Waals surface area contributed by atoms with E-state index in [1.165, 1.54) is 0 Å². The van der Waals surface area contributed by atoms with Gasteiger partial charge < -0.3 is 15.4 Å². The van der Waals surface area contributed by atoms with Crippen molar-refractivity contribution in [1.82, 2.24) is 15.3 Å². The highest BCUT2D eigenvalue weighted by Crippen LogP contribution is 2.33. The third-order valence-electron chi connectivity index (χ3n) is 2.89. The fourth-order valence-corrected chi connectivity index (χ4v) is 3.14. The molecule has 3 N–H and O–H groups in total. The number of imidazole rings is 1. The molecule has 19 heavy (non-hydrogen) atoms. The Morgan fingerprint density at radius 1 is 1.37 bits per heavy atom. The first-order valence-electron chi connectivity index (χ1n) is 6.01. The zero-order valence-electron chi connectivity index (χ0n) is 10.5. The van der Waals surface area contributed by atoms with E-state index in [2.05, 4.69) is 54.1 Å². The van der Waals surface area contributed by atoms with Crippen LogP contribution >= 0.6 is 31.9 Å². The molecule has 0 aliphatic carbocycles. The SMILES string of the molecule is CCC(NCc1cc(Br)c(O)c(Br)c1)c1ncc[nH]1. The molecule has 6 heteroatoms. The van der Waals surface area contributed by atoms with Crippen LogP contribution < -0.4 is 5.32 Å². The van der Waals surface area contributed by atoms with Crippen LogP contribution in [0.2, 0.25) is 0 Å². The van der Waals surface area contributed by atoms with Gasteiger partial charge in [-0.3, -0.25) is 0 Å². The van der Waals surface area contributed by atoms with Gasteiger partial charge in [0, 0.05) is 18.9 Å². The molecule has 0 bridgehead atoms. The summed E-state index contributed by atoms with van der Waals surface area (Å²) < 4.78 is 1.37. The van der Waals surface area contributed by atoms with Crippen LogP contribution in [0.15, 0.2) is 33.5 Å². The van der Waals surface area contributed by atoms with Crippen LogP contribution in [0.1, 0.15) is 30.8 Å². The Labute approximate surface area is 128 Å². The molecule has 0 saturated carbocycles. The van der Waals surface area contributed by atoms with Crippen molar-refractivity contribution in [3.63, 3.8) is 0 Å². The van der Waals surface area contributed by atoms with Gasteiger partial charge in [0.2, 0.25) is 0 Å². The number of phenolic OH excluding ortho intramolecular Hbond substituents is 1. The lowest BCUT2D eigenvalue weighted by Gasteiger charge is -2.15. The lowest BCUT2D eigenvalue weighted by atomic mass is 10.1. The van der Waals surface area contributed by atoms with Gasteiger partial charge in [0.05, 0.1) is 15.0 Å². The second kappa shape index (κ2) is 6.54. The molecule has 1 aromatic heterocycles. The summed E-state index contributed by atoms with van der Waals surface area (Å²) in [5.74, 6) is 1.17. The molecule has 0 aliphatic rings. The molecule has 1 aromatic carbocycles. The Hall–Kier alpha value is -0.850. The molecule has 1 heterocycles. The average molecular weight is 389 g/mol. The summed E-state index contributed by atoms with van der Waals surface area (Å²) in [5.41, 5.74) is 1.08. The molecule has 102 valence electrons. The van der Waals surface area contributed by atoms with Gasteiger partial charge in [-0.15, -0.1) is 0 Å². The third-order valence-corrected chi connectivity index (χ3v) is 4.10. The normalized spacial score (nSPS) is 12.6. The summed E-state index contributed by atoms with van der Waals surface area (Å²) in [6.45, 7) is 2.82. The van der Waals surface area contributed by atoms with E-state index in [0.717, 1.165) is 17.8 Å². The molecule has 2 rings (SSSR count). The predicted octanol–water partition coefficient (Wildman–Crippen LogP) is 3.88. The second-order valence-electron chi connectivity index (χ2n) is 4.22. The highest BCUT2D eigenvalue weighted by atomic mass is 79.9. The van der Waals surface area contributed by atoms with Crippen molar-refractivity contribution < 1.29 is 5.11 Å². The molecule has 0 amide bonds. The molecule has 0 saturated heterocycles. The van der Waals surface area contributed by atoms with E-state index >= 15 is 0 Å². The van der Waals surface area contributed by atoms with Gasteiger partial charge in [0.25, 0.3) is 0 Å². The Kier molecular flexibility index (Phi) is 5.01. The molecule has 1 unspecified atom stereocenters. The minimum Gasteiger partial charge on any atom is -0.506 e. The van der Waals surface area contributed by atoms with E-state index in [1.807, 2.05) is 18.3 Å². The number of hydrogen-bond donors (Lipinski definition) is 3. The minimum absolute atomic E-state index is 0.196. The molecule has 0 radical (unpaired) electrons. The number of aromatic nitrogens is 2. The molecule has 0 spiro atoms. The number of halogens is 2. The molecule has 0 aliphatic heterocycles. The molecule has 2 aromatic rings. The highest BCUT2D eigenvalue weighted by Gasteiger charge is 2.12.